The molecule has 0 spiro atoms. The molecule has 0 atom stereocenters. The molecule has 0 amide bonds. The lowest BCUT2D eigenvalue weighted by atomic mass is 10.1. The summed E-state index contributed by atoms with van der Waals surface area (Å²) in [6, 6.07) is 16.3. The van der Waals surface area contributed by atoms with E-state index in [-0.39, 0.29) is 5.75 Å². The van der Waals surface area contributed by atoms with Crippen molar-refractivity contribution < 1.29 is 5.11 Å². The molecule has 0 saturated heterocycles. The summed E-state index contributed by atoms with van der Waals surface area (Å²) in [5, 5.41) is 21.7. The Labute approximate surface area is 110 Å². The van der Waals surface area contributed by atoms with Gasteiger partial charge in [0.2, 0.25) is 0 Å². The van der Waals surface area contributed by atoms with E-state index in [0.29, 0.717) is 11.5 Å². The number of rotatable bonds is 2. The standard InChI is InChI=1S/C15H11N3O/c19-13-9-8-11-5-1-2-6-12(11)15(13)18-17-14-7-3-4-10-16-14/h1-10,19H/p-1. The molecule has 3 rings (SSSR count). The van der Waals surface area contributed by atoms with Gasteiger partial charge in [0, 0.05) is 11.6 Å². The Bertz CT molecular complexity index is 739. The van der Waals surface area contributed by atoms with Crippen LogP contribution in [0.4, 0.5) is 11.5 Å². The molecule has 0 aliphatic heterocycles. The van der Waals surface area contributed by atoms with Gasteiger partial charge in [-0.1, -0.05) is 48.2 Å². The minimum Gasteiger partial charge on any atom is -0.871 e. The summed E-state index contributed by atoms with van der Waals surface area (Å²) in [6.07, 6.45) is 1.63. The summed E-state index contributed by atoms with van der Waals surface area (Å²) in [6.45, 7) is 0. The van der Waals surface area contributed by atoms with E-state index in [1.54, 1.807) is 24.4 Å². The number of benzene rings is 2. The van der Waals surface area contributed by atoms with Crippen molar-refractivity contribution in [3.63, 3.8) is 0 Å². The van der Waals surface area contributed by atoms with Crippen LogP contribution in [-0.4, -0.2) is 4.98 Å². The van der Waals surface area contributed by atoms with E-state index < -0.39 is 0 Å². The molecular formula is C15H10N3O-. The number of fused-ring (bicyclic) bond motifs is 1. The van der Waals surface area contributed by atoms with Crippen LogP contribution in [0.5, 0.6) is 5.75 Å². The number of azo groups is 1. The Morgan fingerprint density at radius 2 is 1.68 bits per heavy atom. The average Bonchev–Trinajstić information content (AvgIpc) is 2.47. The third-order valence-electron chi connectivity index (χ3n) is 2.77. The first-order valence-corrected chi connectivity index (χ1v) is 5.86. The van der Waals surface area contributed by atoms with Crippen molar-refractivity contribution in [1.29, 1.82) is 0 Å². The summed E-state index contributed by atoms with van der Waals surface area (Å²) in [4.78, 5) is 4.04. The molecule has 1 heterocycles. The van der Waals surface area contributed by atoms with E-state index >= 15 is 0 Å². The highest BCUT2D eigenvalue weighted by atomic mass is 16.3. The van der Waals surface area contributed by atoms with Gasteiger partial charge in [0.25, 0.3) is 0 Å². The van der Waals surface area contributed by atoms with E-state index in [4.69, 9.17) is 0 Å². The molecule has 0 bridgehead atoms. The van der Waals surface area contributed by atoms with Crippen LogP contribution in [0, 0.1) is 0 Å². The number of pyridine rings is 1. The smallest absolute Gasteiger partial charge is 0.174 e. The molecule has 4 nitrogen and oxygen atoms in total. The largest absolute Gasteiger partial charge is 0.871 e. The predicted molar refractivity (Wildman–Crippen MR) is 71.8 cm³/mol. The van der Waals surface area contributed by atoms with Gasteiger partial charge in [0.15, 0.2) is 5.82 Å². The van der Waals surface area contributed by atoms with Gasteiger partial charge in [-0.2, -0.15) is 0 Å². The first kappa shape index (κ1) is 11.3. The monoisotopic (exact) mass is 248 g/mol. The van der Waals surface area contributed by atoms with Crippen LogP contribution in [0.3, 0.4) is 0 Å². The second kappa shape index (κ2) is 4.86. The van der Waals surface area contributed by atoms with Crippen molar-refractivity contribution in [3.05, 3.63) is 60.8 Å². The SMILES string of the molecule is [O-]c1ccc2ccccc2c1N=Nc1ccccn1. The van der Waals surface area contributed by atoms with Crippen molar-refractivity contribution in [2.24, 2.45) is 10.2 Å². The van der Waals surface area contributed by atoms with Crippen molar-refractivity contribution in [3.8, 4) is 5.75 Å². The van der Waals surface area contributed by atoms with Gasteiger partial charge in [0.1, 0.15) is 0 Å². The van der Waals surface area contributed by atoms with Crippen molar-refractivity contribution >= 4 is 22.3 Å². The van der Waals surface area contributed by atoms with Gasteiger partial charge >= 0.3 is 0 Å². The molecule has 2 aromatic carbocycles. The summed E-state index contributed by atoms with van der Waals surface area (Å²) >= 11 is 0. The van der Waals surface area contributed by atoms with Crippen molar-refractivity contribution in [1.82, 2.24) is 4.98 Å². The third kappa shape index (κ3) is 2.28. The topological polar surface area (TPSA) is 60.7 Å². The van der Waals surface area contributed by atoms with Crippen LogP contribution >= 0.6 is 0 Å². The fourth-order valence-corrected chi connectivity index (χ4v) is 1.85. The zero-order chi connectivity index (χ0) is 13.1. The van der Waals surface area contributed by atoms with E-state index in [9.17, 15) is 5.11 Å². The first-order valence-electron chi connectivity index (χ1n) is 5.86. The maximum atomic E-state index is 11.9. The van der Waals surface area contributed by atoms with Crippen LogP contribution in [0.2, 0.25) is 0 Å². The molecular weight excluding hydrogens is 238 g/mol. The molecule has 0 aliphatic carbocycles. The van der Waals surface area contributed by atoms with E-state index in [1.165, 1.54) is 6.07 Å². The normalized spacial score (nSPS) is 11.2. The van der Waals surface area contributed by atoms with Crippen LogP contribution in [0.25, 0.3) is 10.8 Å². The van der Waals surface area contributed by atoms with Gasteiger partial charge in [0.05, 0.1) is 5.69 Å². The van der Waals surface area contributed by atoms with E-state index in [1.807, 2.05) is 30.3 Å². The molecule has 0 saturated carbocycles. The maximum Gasteiger partial charge on any atom is 0.174 e. The minimum absolute atomic E-state index is 0.140. The molecule has 4 heteroatoms. The molecule has 0 unspecified atom stereocenters. The fraction of sp³-hybridized carbons (Fsp3) is 0. The van der Waals surface area contributed by atoms with E-state index in [0.717, 1.165) is 10.8 Å². The average molecular weight is 248 g/mol. The van der Waals surface area contributed by atoms with Crippen LogP contribution in [-0.2, 0) is 0 Å². The Morgan fingerprint density at radius 3 is 2.53 bits per heavy atom. The summed E-state index contributed by atoms with van der Waals surface area (Å²) < 4.78 is 0. The fourth-order valence-electron chi connectivity index (χ4n) is 1.85. The molecule has 0 N–H and O–H groups in total. The number of nitrogens with zero attached hydrogens (tertiary/aromatic N) is 3. The van der Waals surface area contributed by atoms with Crippen molar-refractivity contribution in [2.75, 3.05) is 0 Å². The zero-order valence-electron chi connectivity index (χ0n) is 10.0. The highest BCUT2D eigenvalue weighted by Gasteiger charge is 2.00. The molecule has 19 heavy (non-hydrogen) atoms. The molecule has 1 aromatic heterocycles. The second-order valence-electron chi connectivity index (χ2n) is 4.02. The first-order chi connectivity index (χ1) is 9.34. The Hall–Kier alpha value is -2.75. The third-order valence-corrected chi connectivity index (χ3v) is 2.77. The highest BCUT2D eigenvalue weighted by Crippen LogP contribution is 2.33. The minimum atomic E-state index is -0.140. The number of hydrogen-bond acceptors (Lipinski definition) is 4. The Kier molecular flexibility index (Phi) is 2.90. The molecule has 0 aliphatic rings. The Balaban J connectivity index is 2.10. The molecule has 0 radical (unpaired) electrons. The van der Waals surface area contributed by atoms with Crippen LogP contribution in [0.15, 0.2) is 71.0 Å². The lowest BCUT2D eigenvalue weighted by Crippen LogP contribution is -1.90. The lowest BCUT2D eigenvalue weighted by Gasteiger charge is -2.11. The van der Waals surface area contributed by atoms with E-state index in [2.05, 4.69) is 15.2 Å². The highest BCUT2D eigenvalue weighted by molar-refractivity contribution is 5.94. The summed E-state index contributed by atoms with van der Waals surface area (Å²) in [7, 11) is 0. The molecule has 3 aromatic rings. The van der Waals surface area contributed by atoms with Gasteiger partial charge in [-0.25, -0.2) is 4.98 Å². The molecule has 92 valence electrons. The second-order valence-corrected chi connectivity index (χ2v) is 4.02. The van der Waals surface area contributed by atoms with Gasteiger partial charge < -0.3 is 5.11 Å². The maximum absolute atomic E-state index is 11.9. The summed E-state index contributed by atoms with van der Waals surface area (Å²) in [5.74, 6) is 0.341. The van der Waals surface area contributed by atoms with Gasteiger partial charge in [-0.3, -0.25) is 0 Å². The number of aromatic nitrogens is 1. The summed E-state index contributed by atoms with van der Waals surface area (Å²) in [5.41, 5.74) is 0.351. The van der Waals surface area contributed by atoms with Gasteiger partial charge in [-0.15, -0.1) is 10.2 Å². The zero-order valence-corrected chi connectivity index (χ0v) is 10.0. The molecule has 0 fully saturated rings. The Morgan fingerprint density at radius 1 is 0.842 bits per heavy atom. The van der Waals surface area contributed by atoms with Crippen LogP contribution in [0.1, 0.15) is 0 Å². The lowest BCUT2D eigenvalue weighted by molar-refractivity contribution is -0.267. The number of hydrogen-bond donors (Lipinski definition) is 0. The van der Waals surface area contributed by atoms with Crippen LogP contribution < -0.4 is 5.11 Å². The predicted octanol–water partition coefficient (Wildman–Crippen LogP) is 3.72. The van der Waals surface area contributed by atoms with Gasteiger partial charge in [-0.05, 0) is 17.5 Å². The van der Waals surface area contributed by atoms with Crippen molar-refractivity contribution in [2.45, 2.75) is 0 Å². The quantitative estimate of drug-likeness (QED) is 0.649.